The largest absolute Gasteiger partial charge is 0.316 e. The monoisotopic (exact) mass is 287 g/mol. The Labute approximate surface area is 131 Å². The van der Waals surface area contributed by atoms with E-state index in [-0.39, 0.29) is 0 Å². The smallest absolute Gasteiger partial charge is 0.00234 e. The summed E-state index contributed by atoms with van der Waals surface area (Å²) in [6.07, 6.45) is 14.1. The summed E-state index contributed by atoms with van der Waals surface area (Å²) >= 11 is 0. The fraction of sp³-hybridized carbons (Fsp3) is 0.700. The van der Waals surface area contributed by atoms with Crippen LogP contribution in [0.3, 0.4) is 0 Å². The molecule has 0 radical (unpaired) electrons. The maximum absolute atomic E-state index is 3.50. The molecule has 118 valence electrons. The highest BCUT2D eigenvalue weighted by atomic mass is 15.0. The molecule has 0 bridgehead atoms. The summed E-state index contributed by atoms with van der Waals surface area (Å²) in [5.41, 5.74) is 2.07. The van der Waals surface area contributed by atoms with Gasteiger partial charge in [0.05, 0.1) is 0 Å². The lowest BCUT2D eigenvalue weighted by Crippen LogP contribution is -2.54. The van der Waals surface area contributed by atoms with Crippen LogP contribution in [0.1, 0.15) is 70.3 Å². The average Bonchev–Trinajstić information content (AvgIpc) is 2.48. The van der Waals surface area contributed by atoms with Crippen molar-refractivity contribution in [2.24, 2.45) is 5.41 Å². The average molecular weight is 287 g/mol. The molecule has 21 heavy (non-hydrogen) atoms. The quantitative estimate of drug-likeness (QED) is 0.541. The molecule has 0 saturated carbocycles. The van der Waals surface area contributed by atoms with Crippen LogP contribution >= 0.6 is 0 Å². The van der Waals surface area contributed by atoms with Crippen LogP contribution in [-0.2, 0) is 6.42 Å². The van der Waals surface area contributed by atoms with E-state index in [4.69, 9.17) is 0 Å². The molecule has 1 aliphatic rings. The van der Waals surface area contributed by atoms with E-state index in [2.05, 4.69) is 42.6 Å². The van der Waals surface area contributed by atoms with Crippen molar-refractivity contribution in [3.05, 3.63) is 35.9 Å². The van der Waals surface area contributed by atoms with Crippen LogP contribution in [0.15, 0.2) is 30.3 Å². The van der Waals surface area contributed by atoms with E-state index in [9.17, 15) is 0 Å². The summed E-state index contributed by atoms with van der Waals surface area (Å²) in [4.78, 5) is 0. The second kappa shape index (κ2) is 9.25. The topological polar surface area (TPSA) is 12.0 Å². The molecule has 1 aromatic rings. The van der Waals surface area contributed by atoms with E-state index in [1.54, 1.807) is 0 Å². The zero-order valence-electron chi connectivity index (χ0n) is 13.9. The van der Waals surface area contributed by atoms with Gasteiger partial charge in [-0.1, -0.05) is 88.6 Å². The number of nitrogens with one attached hydrogen (secondary N) is 1. The van der Waals surface area contributed by atoms with Crippen LogP contribution in [0.5, 0.6) is 0 Å². The molecule has 1 saturated heterocycles. The molecule has 0 aliphatic carbocycles. The Hall–Kier alpha value is -0.820. The third-order valence-electron chi connectivity index (χ3n) is 4.98. The van der Waals surface area contributed by atoms with E-state index in [1.807, 2.05) is 0 Å². The summed E-state index contributed by atoms with van der Waals surface area (Å²) in [7, 11) is 0. The predicted molar refractivity (Wildman–Crippen MR) is 92.7 cm³/mol. The number of hydrogen-bond donors (Lipinski definition) is 1. The minimum absolute atomic E-state index is 0.559. The van der Waals surface area contributed by atoms with Crippen molar-refractivity contribution in [2.45, 2.75) is 71.1 Å². The van der Waals surface area contributed by atoms with Crippen LogP contribution < -0.4 is 5.32 Å². The number of benzene rings is 1. The second-order valence-electron chi connectivity index (χ2n) is 6.99. The molecular formula is C20H33N. The first-order chi connectivity index (χ1) is 10.3. The van der Waals surface area contributed by atoms with Crippen LogP contribution in [0.25, 0.3) is 0 Å². The molecule has 1 aliphatic heterocycles. The van der Waals surface area contributed by atoms with Gasteiger partial charge >= 0.3 is 0 Å². The van der Waals surface area contributed by atoms with Crippen LogP contribution in [0.2, 0.25) is 0 Å². The Kier molecular flexibility index (Phi) is 7.29. The molecule has 1 heterocycles. The Morgan fingerprint density at radius 2 is 1.48 bits per heavy atom. The zero-order chi connectivity index (χ0) is 14.8. The van der Waals surface area contributed by atoms with Crippen molar-refractivity contribution >= 4 is 0 Å². The first-order valence-corrected chi connectivity index (χ1v) is 9.09. The van der Waals surface area contributed by atoms with E-state index >= 15 is 0 Å². The lowest BCUT2D eigenvalue weighted by Gasteiger charge is -2.43. The lowest BCUT2D eigenvalue weighted by atomic mass is 9.72. The molecule has 2 rings (SSSR count). The van der Waals surface area contributed by atoms with Gasteiger partial charge < -0.3 is 5.32 Å². The predicted octanol–water partition coefficient (Wildman–Crippen LogP) is 5.35. The van der Waals surface area contributed by atoms with Crippen molar-refractivity contribution < 1.29 is 0 Å². The minimum atomic E-state index is 0.559. The van der Waals surface area contributed by atoms with Gasteiger partial charge in [0.2, 0.25) is 0 Å². The van der Waals surface area contributed by atoms with Gasteiger partial charge in [0.15, 0.2) is 0 Å². The van der Waals surface area contributed by atoms with Crippen LogP contribution in [0.4, 0.5) is 0 Å². The minimum Gasteiger partial charge on any atom is -0.316 e. The fourth-order valence-electron chi connectivity index (χ4n) is 3.53. The maximum atomic E-state index is 3.50. The Morgan fingerprint density at radius 3 is 2.05 bits per heavy atom. The van der Waals surface area contributed by atoms with Gasteiger partial charge in [-0.25, -0.2) is 0 Å². The molecule has 1 aromatic carbocycles. The number of unbranched alkanes of at least 4 members (excludes halogenated alkanes) is 7. The van der Waals surface area contributed by atoms with Crippen molar-refractivity contribution in [3.63, 3.8) is 0 Å². The fourth-order valence-corrected chi connectivity index (χ4v) is 3.53. The first kappa shape index (κ1) is 16.5. The van der Waals surface area contributed by atoms with Crippen molar-refractivity contribution in [3.8, 4) is 0 Å². The van der Waals surface area contributed by atoms with Gasteiger partial charge in [0, 0.05) is 13.1 Å². The summed E-state index contributed by atoms with van der Waals surface area (Å²) < 4.78 is 0. The Balaban J connectivity index is 1.59. The lowest BCUT2D eigenvalue weighted by molar-refractivity contribution is 0.147. The molecule has 1 heteroatoms. The normalized spacial score (nSPS) is 16.6. The second-order valence-corrected chi connectivity index (χ2v) is 6.99. The zero-order valence-corrected chi connectivity index (χ0v) is 13.9. The van der Waals surface area contributed by atoms with Crippen LogP contribution in [-0.4, -0.2) is 13.1 Å². The standard InChI is InChI=1S/C20H33N/c1-2-3-4-5-6-7-8-12-15-20(17-21-18-20)16-19-13-10-9-11-14-19/h9-11,13-14,21H,2-8,12,15-18H2,1H3. The third kappa shape index (κ3) is 5.82. The highest BCUT2D eigenvalue weighted by molar-refractivity contribution is 5.18. The number of hydrogen-bond acceptors (Lipinski definition) is 1. The third-order valence-corrected chi connectivity index (χ3v) is 4.98. The molecule has 0 aromatic heterocycles. The first-order valence-electron chi connectivity index (χ1n) is 9.09. The summed E-state index contributed by atoms with van der Waals surface area (Å²) in [6, 6.07) is 11.0. The molecule has 0 atom stereocenters. The molecule has 0 spiro atoms. The molecule has 1 nitrogen and oxygen atoms in total. The SMILES string of the molecule is CCCCCCCCCCC1(Cc2ccccc2)CNC1. The van der Waals surface area contributed by atoms with Crippen molar-refractivity contribution in [1.29, 1.82) is 0 Å². The summed E-state index contributed by atoms with van der Waals surface area (Å²) in [6.45, 7) is 4.73. The van der Waals surface area contributed by atoms with E-state index in [1.165, 1.54) is 82.9 Å². The van der Waals surface area contributed by atoms with E-state index in [0.29, 0.717) is 5.41 Å². The van der Waals surface area contributed by atoms with Gasteiger partial charge in [-0.2, -0.15) is 0 Å². The molecule has 0 amide bonds. The molecule has 0 unspecified atom stereocenters. The summed E-state index contributed by atoms with van der Waals surface area (Å²) in [5, 5.41) is 3.50. The highest BCUT2D eigenvalue weighted by Gasteiger charge is 2.35. The van der Waals surface area contributed by atoms with Gasteiger partial charge in [0.1, 0.15) is 0 Å². The van der Waals surface area contributed by atoms with Gasteiger partial charge in [-0.05, 0) is 23.8 Å². The van der Waals surface area contributed by atoms with E-state index < -0.39 is 0 Å². The molecule has 1 N–H and O–H groups in total. The molecule has 1 fully saturated rings. The summed E-state index contributed by atoms with van der Waals surface area (Å²) in [5.74, 6) is 0. The van der Waals surface area contributed by atoms with Crippen molar-refractivity contribution in [2.75, 3.05) is 13.1 Å². The maximum Gasteiger partial charge on any atom is 0.00234 e. The highest BCUT2D eigenvalue weighted by Crippen LogP contribution is 2.33. The van der Waals surface area contributed by atoms with E-state index in [0.717, 1.165) is 0 Å². The van der Waals surface area contributed by atoms with Gasteiger partial charge in [-0.3, -0.25) is 0 Å². The van der Waals surface area contributed by atoms with Gasteiger partial charge in [0.25, 0.3) is 0 Å². The Morgan fingerprint density at radius 1 is 0.857 bits per heavy atom. The number of rotatable bonds is 11. The van der Waals surface area contributed by atoms with Gasteiger partial charge in [-0.15, -0.1) is 0 Å². The Bertz CT molecular complexity index is 367. The molecular weight excluding hydrogens is 254 g/mol. The van der Waals surface area contributed by atoms with Crippen molar-refractivity contribution in [1.82, 2.24) is 5.32 Å². The van der Waals surface area contributed by atoms with Crippen LogP contribution in [0, 0.1) is 5.41 Å².